The van der Waals surface area contributed by atoms with Gasteiger partial charge in [0, 0.05) is 11.8 Å². The van der Waals surface area contributed by atoms with Gasteiger partial charge in [0.2, 0.25) is 5.89 Å². The van der Waals surface area contributed by atoms with E-state index in [0.29, 0.717) is 5.89 Å². The second-order valence-corrected chi connectivity index (χ2v) is 5.92. The largest absolute Gasteiger partial charge is 0.421 e. The molecule has 124 valence electrons. The maximum Gasteiger partial charge on any atom is 0.421 e. The molecular formula is C14H15F3N4O2. The lowest BCUT2D eigenvalue weighted by atomic mass is 10.2. The van der Waals surface area contributed by atoms with Crippen LogP contribution in [0.3, 0.4) is 0 Å². The summed E-state index contributed by atoms with van der Waals surface area (Å²) >= 11 is 0. The third-order valence-electron chi connectivity index (χ3n) is 3.56. The van der Waals surface area contributed by atoms with Gasteiger partial charge in [-0.3, -0.25) is 4.79 Å². The number of halogens is 3. The summed E-state index contributed by atoms with van der Waals surface area (Å²) in [6, 6.07) is 0.853. The first-order chi connectivity index (χ1) is 10.8. The van der Waals surface area contributed by atoms with Crippen molar-refractivity contribution >= 4 is 0 Å². The normalized spacial score (nSPS) is 15.4. The fraction of sp³-hybridized carbons (Fsp3) is 0.571. The van der Waals surface area contributed by atoms with Gasteiger partial charge in [-0.1, -0.05) is 19.0 Å². The summed E-state index contributed by atoms with van der Waals surface area (Å²) in [4.78, 5) is 16.1. The van der Waals surface area contributed by atoms with Crippen LogP contribution in [-0.2, 0) is 12.7 Å². The third-order valence-corrected chi connectivity index (χ3v) is 3.56. The highest BCUT2D eigenvalue weighted by Gasteiger charge is 2.37. The van der Waals surface area contributed by atoms with Crippen LogP contribution < -0.4 is 5.56 Å². The molecule has 0 atom stereocenters. The average Bonchev–Trinajstić information content (AvgIpc) is 3.19. The van der Waals surface area contributed by atoms with Gasteiger partial charge in [-0.15, -0.1) is 0 Å². The van der Waals surface area contributed by atoms with E-state index in [2.05, 4.69) is 15.2 Å². The smallest absolute Gasteiger partial charge is 0.339 e. The summed E-state index contributed by atoms with van der Waals surface area (Å²) in [5.74, 6) is 0.468. The molecule has 3 rings (SSSR count). The van der Waals surface area contributed by atoms with Gasteiger partial charge >= 0.3 is 6.18 Å². The van der Waals surface area contributed by atoms with Crippen LogP contribution in [0.2, 0.25) is 0 Å². The Balaban J connectivity index is 2.00. The molecular weight excluding hydrogens is 313 g/mol. The first-order valence-corrected chi connectivity index (χ1v) is 7.27. The Kier molecular flexibility index (Phi) is 3.73. The minimum Gasteiger partial charge on any atom is -0.339 e. The van der Waals surface area contributed by atoms with Crippen molar-refractivity contribution in [3.8, 4) is 0 Å². The van der Waals surface area contributed by atoms with Crippen LogP contribution in [0.5, 0.6) is 0 Å². The quantitative estimate of drug-likeness (QED) is 0.863. The second kappa shape index (κ2) is 5.47. The topological polar surface area (TPSA) is 73.8 Å². The van der Waals surface area contributed by atoms with E-state index in [1.807, 2.05) is 13.8 Å². The lowest BCUT2D eigenvalue weighted by Gasteiger charge is -2.11. The Morgan fingerprint density at radius 3 is 2.61 bits per heavy atom. The Hall–Kier alpha value is -2.19. The lowest BCUT2D eigenvalue weighted by Crippen LogP contribution is -2.32. The average molecular weight is 328 g/mol. The molecule has 2 aromatic rings. The third kappa shape index (κ3) is 3.27. The first kappa shape index (κ1) is 15.7. The number of alkyl halides is 3. The standard InChI is InChI=1S/C14H15F3N4O2/c1-7(2)12-18-11(20-23-12)6-21-13(22)9(14(15,16)17)5-10(19-21)8-3-4-8/h5,7-8H,3-4,6H2,1-2H3. The molecule has 0 aliphatic heterocycles. The van der Waals surface area contributed by atoms with E-state index < -0.39 is 17.3 Å². The predicted octanol–water partition coefficient (Wildman–Crippen LogP) is 2.69. The molecule has 1 saturated carbocycles. The Bertz CT molecular complexity index is 775. The monoisotopic (exact) mass is 328 g/mol. The molecule has 0 bridgehead atoms. The maximum absolute atomic E-state index is 13.1. The van der Waals surface area contributed by atoms with Crippen LogP contribution in [0.4, 0.5) is 13.2 Å². The maximum atomic E-state index is 13.1. The van der Waals surface area contributed by atoms with Crippen molar-refractivity contribution in [2.75, 3.05) is 0 Å². The van der Waals surface area contributed by atoms with Crippen LogP contribution in [0.1, 0.15) is 61.5 Å². The van der Waals surface area contributed by atoms with Crippen LogP contribution >= 0.6 is 0 Å². The molecule has 2 heterocycles. The molecule has 9 heteroatoms. The van der Waals surface area contributed by atoms with Crippen molar-refractivity contribution in [2.45, 2.75) is 51.2 Å². The Morgan fingerprint density at radius 1 is 1.39 bits per heavy atom. The van der Waals surface area contributed by atoms with Crippen molar-refractivity contribution in [1.82, 2.24) is 19.9 Å². The van der Waals surface area contributed by atoms with E-state index in [4.69, 9.17) is 4.52 Å². The second-order valence-electron chi connectivity index (χ2n) is 5.92. The highest BCUT2D eigenvalue weighted by atomic mass is 19.4. The van der Waals surface area contributed by atoms with Crippen LogP contribution in [-0.4, -0.2) is 19.9 Å². The molecule has 0 spiro atoms. The zero-order chi connectivity index (χ0) is 16.8. The van der Waals surface area contributed by atoms with Crippen molar-refractivity contribution in [2.24, 2.45) is 0 Å². The Labute approximate surface area is 129 Å². The first-order valence-electron chi connectivity index (χ1n) is 7.27. The van der Waals surface area contributed by atoms with Gasteiger partial charge in [-0.2, -0.15) is 23.3 Å². The highest BCUT2D eigenvalue weighted by molar-refractivity contribution is 5.22. The van der Waals surface area contributed by atoms with Crippen LogP contribution in [0, 0.1) is 0 Å². The number of hydrogen-bond donors (Lipinski definition) is 0. The molecule has 0 amide bonds. The van der Waals surface area contributed by atoms with E-state index in [0.717, 1.165) is 23.6 Å². The molecule has 0 aromatic carbocycles. The van der Waals surface area contributed by atoms with Crippen LogP contribution in [0.25, 0.3) is 0 Å². The van der Waals surface area contributed by atoms with E-state index in [9.17, 15) is 18.0 Å². The molecule has 1 fully saturated rings. The molecule has 0 saturated heterocycles. The lowest BCUT2D eigenvalue weighted by molar-refractivity contribution is -0.139. The summed E-state index contributed by atoms with van der Waals surface area (Å²) in [6.07, 6.45) is -3.16. The van der Waals surface area contributed by atoms with Gasteiger partial charge in [0.05, 0.1) is 5.69 Å². The van der Waals surface area contributed by atoms with E-state index in [1.54, 1.807) is 0 Å². The van der Waals surface area contributed by atoms with Crippen molar-refractivity contribution in [1.29, 1.82) is 0 Å². The van der Waals surface area contributed by atoms with Gasteiger partial charge in [-0.25, -0.2) is 4.68 Å². The van der Waals surface area contributed by atoms with Crippen LogP contribution in [0.15, 0.2) is 15.4 Å². The number of aromatic nitrogens is 4. The molecule has 0 unspecified atom stereocenters. The van der Waals surface area contributed by atoms with Crippen molar-refractivity contribution in [3.05, 3.63) is 39.4 Å². The van der Waals surface area contributed by atoms with Crippen molar-refractivity contribution < 1.29 is 17.7 Å². The zero-order valence-corrected chi connectivity index (χ0v) is 12.6. The van der Waals surface area contributed by atoms with E-state index in [1.165, 1.54) is 0 Å². The highest BCUT2D eigenvalue weighted by Crippen LogP contribution is 2.40. The fourth-order valence-electron chi connectivity index (χ4n) is 2.15. The molecule has 6 nitrogen and oxygen atoms in total. The number of nitrogens with zero attached hydrogens (tertiary/aromatic N) is 4. The number of hydrogen-bond acceptors (Lipinski definition) is 5. The van der Waals surface area contributed by atoms with Gasteiger partial charge in [-0.05, 0) is 18.9 Å². The van der Waals surface area contributed by atoms with Gasteiger partial charge in [0.15, 0.2) is 5.82 Å². The minimum atomic E-state index is -4.72. The van der Waals surface area contributed by atoms with Crippen molar-refractivity contribution in [3.63, 3.8) is 0 Å². The van der Waals surface area contributed by atoms with Gasteiger partial charge < -0.3 is 4.52 Å². The summed E-state index contributed by atoms with van der Waals surface area (Å²) < 4.78 is 44.9. The van der Waals surface area contributed by atoms with E-state index >= 15 is 0 Å². The zero-order valence-electron chi connectivity index (χ0n) is 12.6. The van der Waals surface area contributed by atoms with Gasteiger partial charge in [0.25, 0.3) is 5.56 Å². The number of rotatable bonds is 4. The summed E-state index contributed by atoms with van der Waals surface area (Å²) in [5.41, 5.74) is -2.12. The molecule has 1 aliphatic carbocycles. The summed E-state index contributed by atoms with van der Waals surface area (Å²) in [5, 5.41) is 7.73. The van der Waals surface area contributed by atoms with E-state index in [-0.39, 0.29) is 29.9 Å². The molecule has 0 N–H and O–H groups in total. The SMILES string of the molecule is CC(C)c1nc(Cn2nc(C3CC3)cc(C(F)(F)F)c2=O)no1. The predicted molar refractivity (Wildman–Crippen MR) is 73.0 cm³/mol. The molecule has 23 heavy (non-hydrogen) atoms. The summed E-state index contributed by atoms with van der Waals surface area (Å²) in [7, 11) is 0. The molecule has 2 aromatic heterocycles. The van der Waals surface area contributed by atoms with Gasteiger partial charge in [0.1, 0.15) is 12.1 Å². The molecule has 0 radical (unpaired) electrons. The Morgan fingerprint density at radius 2 is 2.09 bits per heavy atom. The summed E-state index contributed by atoms with van der Waals surface area (Å²) in [6.45, 7) is 3.44. The fourth-order valence-corrected chi connectivity index (χ4v) is 2.15. The molecule has 1 aliphatic rings. The minimum absolute atomic E-state index is 0.00975.